The van der Waals surface area contributed by atoms with Crippen LogP contribution < -0.4 is 11.1 Å². The molecule has 5 heteroatoms. The van der Waals surface area contributed by atoms with Crippen LogP contribution in [0.5, 0.6) is 0 Å². The number of carbonyl (C=O) groups excluding carboxylic acids is 1. The molecule has 2 rings (SSSR count). The Hall–Kier alpha value is -0.910. The lowest BCUT2D eigenvalue weighted by molar-refractivity contribution is -0.126. The maximum absolute atomic E-state index is 11.8. The molecule has 1 saturated heterocycles. The fraction of sp³-hybridized carbons (Fsp3) is 0.750. The average molecular weight is 240 g/mol. The first-order valence-electron chi connectivity index (χ1n) is 6.11. The van der Waals surface area contributed by atoms with Crippen molar-refractivity contribution in [1.29, 1.82) is 0 Å². The van der Waals surface area contributed by atoms with Crippen molar-refractivity contribution in [2.45, 2.75) is 30.9 Å². The van der Waals surface area contributed by atoms with Crippen LogP contribution in [-0.2, 0) is 9.53 Å². The van der Waals surface area contributed by atoms with Crippen LogP contribution in [0.15, 0.2) is 12.2 Å². The molecule has 2 atom stereocenters. The van der Waals surface area contributed by atoms with Crippen LogP contribution >= 0.6 is 0 Å². The van der Waals surface area contributed by atoms with Crippen molar-refractivity contribution in [3.8, 4) is 0 Å². The van der Waals surface area contributed by atoms with E-state index in [0.29, 0.717) is 39.0 Å². The van der Waals surface area contributed by atoms with Crippen LogP contribution in [0, 0.1) is 5.92 Å². The molecule has 5 nitrogen and oxygen atoms in total. The summed E-state index contributed by atoms with van der Waals surface area (Å²) in [5, 5.41) is 13.0. The van der Waals surface area contributed by atoms with Gasteiger partial charge in [-0.2, -0.15) is 0 Å². The minimum absolute atomic E-state index is 0.0167. The van der Waals surface area contributed by atoms with Gasteiger partial charge < -0.3 is 20.9 Å². The molecule has 0 aromatic carbocycles. The van der Waals surface area contributed by atoms with Crippen molar-refractivity contribution >= 4 is 5.91 Å². The monoisotopic (exact) mass is 240 g/mol. The fourth-order valence-corrected chi connectivity index (χ4v) is 2.23. The number of rotatable bonds is 3. The predicted molar refractivity (Wildman–Crippen MR) is 63.2 cm³/mol. The zero-order chi connectivity index (χ0) is 12.3. The standard InChI is InChI=1S/C12H20N2O3/c13-10-2-1-9(7-10)11(15)14-8-12(16)3-5-17-6-4-12/h1-2,9-10,16H,3-8,13H2,(H,14,15). The second-order valence-electron chi connectivity index (χ2n) is 4.95. The summed E-state index contributed by atoms with van der Waals surface area (Å²) in [4.78, 5) is 11.8. The Labute approximate surface area is 101 Å². The number of carbonyl (C=O) groups is 1. The van der Waals surface area contributed by atoms with Gasteiger partial charge in [-0.25, -0.2) is 0 Å². The molecule has 2 unspecified atom stereocenters. The largest absolute Gasteiger partial charge is 0.388 e. The zero-order valence-electron chi connectivity index (χ0n) is 9.89. The second-order valence-corrected chi connectivity index (χ2v) is 4.95. The summed E-state index contributed by atoms with van der Waals surface area (Å²) >= 11 is 0. The number of nitrogens with one attached hydrogen (secondary N) is 1. The highest BCUT2D eigenvalue weighted by molar-refractivity contribution is 5.81. The SMILES string of the molecule is NC1C=CC(C(=O)NCC2(O)CCOCC2)C1. The Kier molecular flexibility index (Phi) is 3.81. The summed E-state index contributed by atoms with van der Waals surface area (Å²) in [7, 11) is 0. The van der Waals surface area contributed by atoms with Crippen molar-refractivity contribution in [1.82, 2.24) is 5.32 Å². The number of hydrogen-bond acceptors (Lipinski definition) is 4. The number of amides is 1. The molecular formula is C12H20N2O3. The van der Waals surface area contributed by atoms with E-state index in [4.69, 9.17) is 10.5 Å². The van der Waals surface area contributed by atoms with E-state index >= 15 is 0 Å². The summed E-state index contributed by atoms with van der Waals surface area (Å²) in [6.45, 7) is 1.41. The van der Waals surface area contributed by atoms with E-state index in [1.807, 2.05) is 12.2 Å². The minimum atomic E-state index is -0.807. The van der Waals surface area contributed by atoms with Gasteiger partial charge in [0.1, 0.15) is 0 Å². The van der Waals surface area contributed by atoms with Gasteiger partial charge in [0.25, 0.3) is 0 Å². The summed E-state index contributed by atoms with van der Waals surface area (Å²) in [6, 6.07) is -0.0167. The Balaban J connectivity index is 1.77. The van der Waals surface area contributed by atoms with Crippen LogP contribution in [0.1, 0.15) is 19.3 Å². The Morgan fingerprint density at radius 3 is 2.76 bits per heavy atom. The van der Waals surface area contributed by atoms with Crippen molar-refractivity contribution in [3.63, 3.8) is 0 Å². The average Bonchev–Trinajstić information content (AvgIpc) is 2.74. The van der Waals surface area contributed by atoms with Crippen LogP contribution in [0.3, 0.4) is 0 Å². The van der Waals surface area contributed by atoms with Gasteiger partial charge in [0.2, 0.25) is 5.91 Å². The molecule has 1 aliphatic carbocycles. The first kappa shape index (κ1) is 12.5. The first-order chi connectivity index (χ1) is 8.09. The van der Waals surface area contributed by atoms with Gasteiger partial charge in [0.15, 0.2) is 0 Å². The summed E-state index contributed by atoms with van der Waals surface area (Å²) in [5.74, 6) is -0.192. The van der Waals surface area contributed by atoms with E-state index in [9.17, 15) is 9.90 Å². The summed E-state index contributed by atoms with van der Waals surface area (Å²) in [5.41, 5.74) is 4.89. The zero-order valence-corrected chi connectivity index (χ0v) is 9.89. The molecule has 96 valence electrons. The van der Waals surface area contributed by atoms with E-state index in [2.05, 4.69) is 5.32 Å². The molecule has 0 spiro atoms. The summed E-state index contributed by atoms with van der Waals surface area (Å²) in [6.07, 6.45) is 5.51. The molecule has 1 heterocycles. The van der Waals surface area contributed by atoms with Gasteiger partial charge in [0.05, 0.1) is 11.5 Å². The fourth-order valence-electron chi connectivity index (χ4n) is 2.23. The number of nitrogens with two attached hydrogens (primary N) is 1. The number of ether oxygens (including phenoxy) is 1. The first-order valence-corrected chi connectivity index (χ1v) is 6.11. The Morgan fingerprint density at radius 2 is 2.18 bits per heavy atom. The highest BCUT2D eigenvalue weighted by Crippen LogP contribution is 2.20. The van der Waals surface area contributed by atoms with E-state index in [1.54, 1.807) is 0 Å². The summed E-state index contributed by atoms with van der Waals surface area (Å²) < 4.78 is 5.19. The van der Waals surface area contributed by atoms with Crippen LogP contribution in [-0.4, -0.2) is 42.4 Å². The molecule has 4 N–H and O–H groups in total. The van der Waals surface area contributed by atoms with Gasteiger partial charge >= 0.3 is 0 Å². The lowest BCUT2D eigenvalue weighted by Crippen LogP contribution is -2.47. The third-order valence-electron chi connectivity index (χ3n) is 3.47. The molecule has 0 radical (unpaired) electrons. The van der Waals surface area contributed by atoms with Gasteiger partial charge in [-0.1, -0.05) is 12.2 Å². The molecule has 0 bridgehead atoms. The van der Waals surface area contributed by atoms with E-state index in [0.717, 1.165) is 0 Å². The normalized spacial score (nSPS) is 31.4. The second kappa shape index (κ2) is 5.16. The highest BCUT2D eigenvalue weighted by atomic mass is 16.5. The van der Waals surface area contributed by atoms with Crippen LogP contribution in [0.25, 0.3) is 0 Å². The van der Waals surface area contributed by atoms with Crippen LogP contribution in [0.4, 0.5) is 0 Å². The molecule has 17 heavy (non-hydrogen) atoms. The Morgan fingerprint density at radius 1 is 1.47 bits per heavy atom. The smallest absolute Gasteiger partial charge is 0.227 e. The third kappa shape index (κ3) is 3.28. The van der Waals surface area contributed by atoms with Gasteiger partial charge in [0, 0.05) is 38.6 Å². The molecule has 0 saturated carbocycles. The molecule has 0 aromatic rings. The quantitative estimate of drug-likeness (QED) is 0.583. The molecule has 1 amide bonds. The molecule has 1 aliphatic heterocycles. The van der Waals surface area contributed by atoms with Gasteiger partial charge in [-0.3, -0.25) is 4.79 Å². The van der Waals surface area contributed by atoms with Crippen LogP contribution in [0.2, 0.25) is 0 Å². The number of hydrogen-bond donors (Lipinski definition) is 3. The lowest BCUT2D eigenvalue weighted by Gasteiger charge is -2.32. The highest BCUT2D eigenvalue weighted by Gasteiger charge is 2.31. The van der Waals surface area contributed by atoms with Crippen molar-refractivity contribution in [3.05, 3.63) is 12.2 Å². The maximum Gasteiger partial charge on any atom is 0.227 e. The molecule has 2 aliphatic rings. The van der Waals surface area contributed by atoms with E-state index < -0.39 is 5.60 Å². The minimum Gasteiger partial charge on any atom is -0.388 e. The van der Waals surface area contributed by atoms with Crippen molar-refractivity contribution in [2.75, 3.05) is 19.8 Å². The predicted octanol–water partition coefficient (Wildman–Crippen LogP) is -0.453. The van der Waals surface area contributed by atoms with E-state index in [1.165, 1.54) is 0 Å². The van der Waals surface area contributed by atoms with Gasteiger partial charge in [-0.15, -0.1) is 0 Å². The maximum atomic E-state index is 11.8. The molecule has 1 fully saturated rings. The molecule has 0 aromatic heterocycles. The lowest BCUT2D eigenvalue weighted by atomic mass is 9.94. The van der Waals surface area contributed by atoms with Gasteiger partial charge in [-0.05, 0) is 6.42 Å². The topological polar surface area (TPSA) is 84.6 Å². The van der Waals surface area contributed by atoms with Crippen molar-refractivity contribution in [2.24, 2.45) is 11.7 Å². The Bertz CT molecular complexity index is 311. The number of aliphatic hydroxyl groups is 1. The van der Waals surface area contributed by atoms with Crippen molar-refractivity contribution < 1.29 is 14.6 Å². The molecular weight excluding hydrogens is 220 g/mol. The third-order valence-corrected chi connectivity index (χ3v) is 3.47. The van der Waals surface area contributed by atoms with E-state index in [-0.39, 0.29) is 17.9 Å².